The van der Waals surface area contributed by atoms with Crippen LogP contribution in [0.5, 0.6) is 34.5 Å². The molecule has 50 heavy (non-hydrogen) atoms. The number of hydrogen-bond donors (Lipinski definition) is 4. The monoisotopic (exact) mass is 672 g/mol. The number of rotatable bonds is 10. The van der Waals surface area contributed by atoms with Gasteiger partial charge in [-0.1, -0.05) is 90.1 Å². The van der Waals surface area contributed by atoms with Crippen LogP contribution in [0.4, 0.5) is 11.4 Å². The first-order valence-electron chi connectivity index (χ1n) is 16.4. The molecule has 5 aromatic rings. The lowest BCUT2D eigenvalue weighted by molar-refractivity contribution is 0.286. The molecule has 0 spiro atoms. The van der Waals surface area contributed by atoms with Crippen LogP contribution in [-0.4, -0.2) is 32.9 Å². The summed E-state index contributed by atoms with van der Waals surface area (Å²) in [5.41, 5.74) is 5.40. The zero-order chi connectivity index (χ0) is 36.1. The number of aromatic hydroxyl groups is 4. The van der Waals surface area contributed by atoms with Crippen molar-refractivity contribution in [2.75, 3.05) is 0 Å². The molecule has 0 heterocycles. The zero-order valence-corrected chi connectivity index (χ0v) is 29.3. The summed E-state index contributed by atoms with van der Waals surface area (Å²) in [6.07, 6.45) is 3.02. The van der Waals surface area contributed by atoms with E-state index in [0.717, 1.165) is 22.3 Å². The van der Waals surface area contributed by atoms with Crippen LogP contribution in [0.25, 0.3) is 0 Å². The van der Waals surface area contributed by atoms with Crippen LogP contribution in [-0.2, 0) is 24.0 Å². The summed E-state index contributed by atoms with van der Waals surface area (Å²) in [4.78, 5) is 8.86. The molecule has 0 fully saturated rings. The van der Waals surface area contributed by atoms with Gasteiger partial charge in [-0.15, -0.1) is 0 Å². The minimum absolute atomic E-state index is 0.0463. The van der Waals surface area contributed by atoms with Gasteiger partial charge in [0.15, 0.2) is 23.0 Å². The van der Waals surface area contributed by atoms with Crippen molar-refractivity contribution < 1.29 is 29.9 Å². The van der Waals surface area contributed by atoms with Gasteiger partial charge in [-0.3, -0.25) is 9.98 Å². The van der Waals surface area contributed by atoms with Gasteiger partial charge in [0.05, 0.1) is 0 Å². The van der Waals surface area contributed by atoms with Crippen LogP contribution in [0, 0.1) is 0 Å². The highest BCUT2D eigenvalue weighted by Gasteiger charge is 2.17. The van der Waals surface area contributed by atoms with Crippen molar-refractivity contribution in [2.24, 2.45) is 9.98 Å². The van der Waals surface area contributed by atoms with E-state index in [1.807, 2.05) is 48.5 Å². The lowest BCUT2D eigenvalue weighted by atomic mass is 9.87. The van der Waals surface area contributed by atoms with E-state index < -0.39 is 0 Å². The maximum Gasteiger partial charge on any atom is 0.166 e. The van der Waals surface area contributed by atoms with E-state index in [0.29, 0.717) is 34.0 Å². The molecule has 0 radical (unpaired) electrons. The van der Waals surface area contributed by atoms with Gasteiger partial charge in [0.25, 0.3) is 0 Å². The first-order chi connectivity index (χ1) is 23.7. The summed E-state index contributed by atoms with van der Waals surface area (Å²) < 4.78 is 11.9. The summed E-state index contributed by atoms with van der Waals surface area (Å²) in [6.45, 7) is 13.0. The quantitative estimate of drug-likeness (QED) is 0.110. The maximum absolute atomic E-state index is 10.9. The summed E-state index contributed by atoms with van der Waals surface area (Å²) >= 11 is 0. The van der Waals surface area contributed by atoms with Crippen LogP contribution in [0.3, 0.4) is 0 Å². The Morgan fingerprint density at radius 1 is 0.520 bits per heavy atom. The highest BCUT2D eigenvalue weighted by molar-refractivity contribution is 5.88. The molecule has 0 amide bonds. The first-order valence-corrected chi connectivity index (χ1v) is 16.4. The van der Waals surface area contributed by atoms with E-state index in [1.54, 1.807) is 48.5 Å². The molecule has 0 aromatic heterocycles. The number of nitrogens with zero attached hydrogens (tertiary/aromatic N) is 2. The van der Waals surface area contributed by atoms with Crippen LogP contribution in [0.1, 0.15) is 74.9 Å². The van der Waals surface area contributed by atoms with Crippen molar-refractivity contribution in [3.63, 3.8) is 0 Å². The maximum atomic E-state index is 10.9. The Morgan fingerprint density at radius 3 is 1.26 bits per heavy atom. The van der Waals surface area contributed by atoms with E-state index >= 15 is 0 Å². The SMILES string of the molecule is CC(C)(C)c1ccc(O)c(N=Cc2cccc(OCc3ccc(COc4cccc(C=Nc5cc(C(C)(C)C)ccc5O)c4O)cc3)c2O)c1. The van der Waals surface area contributed by atoms with Gasteiger partial charge < -0.3 is 29.9 Å². The predicted octanol–water partition coefficient (Wildman–Crippen LogP) is 9.76. The van der Waals surface area contributed by atoms with Crippen LogP contribution in [0.2, 0.25) is 0 Å². The lowest BCUT2D eigenvalue weighted by Crippen LogP contribution is -2.10. The van der Waals surface area contributed by atoms with Gasteiger partial charge in [0, 0.05) is 23.6 Å². The Hall–Kier alpha value is -5.76. The molecule has 0 unspecified atom stereocenters. The van der Waals surface area contributed by atoms with Gasteiger partial charge in [0.1, 0.15) is 36.1 Å². The molecule has 5 aromatic carbocycles. The minimum atomic E-state index is -0.100. The molecule has 8 nitrogen and oxygen atoms in total. The standard InChI is InChI=1S/C42H44N2O6/c1-41(2,3)31-17-19-35(45)33(21-31)43-23-29-9-7-11-37(39(29)47)49-25-27-13-15-28(16-14-27)26-50-38-12-8-10-30(40(38)48)24-44-34-22-32(42(4,5)6)18-20-36(34)46/h7-24,45-48H,25-26H2,1-6H3. The molecular formula is C42H44N2O6. The Balaban J connectivity index is 1.19. The van der Waals surface area contributed by atoms with Gasteiger partial charge >= 0.3 is 0 Å². The van der Waals surface area contributed by atoms with E-state index in [4.69, 9.17) is 9.47 Å². The van der Waals surface area contributed by atoms with E-state index in [-0.39, 0.29) is 47.0 Å². The molecule has 0 bridgehead atoms. The topological polar surface area (TPSA) is 124 Å². The average molecular weight is 673 g/mol. The highest BCUT2D eigenvalue weighted by atomic mass is 16.5. The molecule has 4 N–H and O–H groups in total. The Morgan fingerprint density at radius 2 is 0.900 bits per heavy atom. The van der Waals surface area contributed by atoms with Crippen molar-refractivity contribution in [1.29, 1.82) is 0 Å². The summed E-state index contributed by atoms with van der Waals surface area (Å²) in [7, 11) is 0. The largest absolute Gasteiger partial charge is 0.506 e. The second kappa shape index (κ2) is 14.8. The van der Waals surface area contributed by atoms with Crippen molar-refractivity contribution in [1.82, 2.24) is 0 Å². The first kappa shape index (κ1) is 35.5. The van der Waals surface area contributed by atoms with Gasteiger partial charge in [-0.2, -0.15) is 0 Å². The zero-order valence-electron chi connectivity index (χ0n) is 29.3. The van der Waals surface area contributed by atoms with Crippen molar-refractivity contribution >= 4 is 23.8 Å². The molecule has 0 aliphatic carbocycles. The van der Waals surface area contributed by atoms with Crippen molar-refractivity contribution in [2.45, 2.75) is 65.6 Å². The van der Waals surface area contributed by atoms with Crippen molar-refractivity contribution in [3.05, 3.63) is 130 Å². The second-order valence-electron chi connectivity index (χ2n) is 14.2. The Labute approximate surface area is 293 Å². The Bertz CT molecular complexity index is 1870. The molecule has 258 valence electrons. The molecular weight excluding hydrogens is 628 g/mol. The number of phenols is 4. The third-order valence-corrected chi connectivity index (χ3v) is 8.24. The van der Waals surface area contributed by atoms with E-state index in [2.05, 4.69) is 51.5 Å². The minimum Gasteiger partial charge on any atom is -0.506 e. The third kappa shape index (κ3) is 8.82. The third-order valence-electron chi connectivity index (χ3n) is 8.24. The fraction of sp³-hybridized carbons (Fsp3) is 0.238. The number of benzene rings is 5. The van der Waals surface area contributed by atoms with Crippen LogP contribution in [0.15, 0.2) is 107 Å². The second-order valence-corrected chi connectivity index (χ2v) is 14.2. The normalized spacial score (nSPS) is 12.1. The van der Waals surface area contributed by atoms with Gasteiger partial charge in [-0.25, -0.2) is 0 Å². The van der Waals surface area contributed by atoms with Crippen molar-refractivity contribution in [3.8, 4) is 34.5 Å². The average Bonchev–Trinajstić information content (AvgIpc) is 3.07. The van der Waals surface area contributed by atoms with Crippen LogP contribution < -0.4 is 9.47 Å². The number of para-hydroxylation sites is 2. The van der Waals surface area contributed by atoms with Crippen LogP contribution >= 0.6 is 0 Å². The van der Waals surface area contributed by atoms with E-state index in [1.165, 1.54) is 12.4 Å². The number of ether oxygens (including phenoxy) is 2. The Kier molecular flexibility index (Phi) is 10.5. The molecule has 0 saturated heterocycles. The summed E-state index contributed by atoms with van der Waals surface area (Å²) in [6, 6.07) is 28.7. The van der Waals surface area contributed by atoms with E-state index in [9.17, 15) is 20.4 Å². The molecule has 5 rings (SSSR count). The molecule has 0 saturated carbocycles. The molecule has 0 atom stereocenters. The summed E-state index contributed by atoms with van der Waals surface area (Å²) in [5.74, 6) is 0.649. The van der Waals surface area contributed by atoms with Gasteiger partial charge in [0.2, 0.25) is 0 Å². The lowest BCUT2D eigenvalue weighted by Gasteiger charge is -2.19. The van der Waals surface area contributed by atoms with Gasteiger partial charge in [-0.05, 0) is 81.6 Å². The molecule has 0 aliphatic rings. The molecule has 0 aliphatic heterocycles. The fourth-order valence-electron chi connectivity index (χ4n) is 5.04. The fourth-order valence-corrected chi connectivity index (χ4v) is 5.04. The number of aliphatic imine (C=N–C) groups is 2. The molecule has 8 heteroatoms. The predicted molar refractivity (Wildman–Crippen MR) is 199 cm³/mol. The smallest absolute Gasteiger partial charge is 0.166 e. The summed E-state index contributed by atoms with van der Waals surface area (Å²) in [5, 5.41) is 42.4. The highest BCUT2D eigenvalue weighted by Crippen LogP contribution is 2.36. The number of hydrogen-bond acceptors (Lipinski definition) is 8. The number of phenolic OH excluding ortho intramolecular Hbond substituents is 4.